The van der Waals surface area contributed by atoms with Gasteiger partial charge in [0.1, 0.15) is 5.75 Å². The summed E-state index contributed by atoms with van der Waals surface area (Å²) in [5, 5.41) is 9.61. The Morgan fingerprint density at radius 1 is 1.38 bits per heavy atom. The van der Waals surface area contributed by atoms with Gasteiger partial charge in [-0.05, 0) is 36.6 Å². The van der Waals surface area contributed by atoms with Crippen molar-refractivity contribution in [3.8, 4) is 5.75 Å². The highest BCUT2D eigenvalue weighted by Gasteiger charge is 2.15. The molecule has 0 spiro atoms. The molecule has 88 valence electrons. The fraction of sp³-hybridized carbons (Fsp3) is 0.500. The molecule has 0 aliphatic carbocycles. The number of aliphatic hydroxyl groups excluding tert-OH is 1. The van der Waals surface area contributed by atoms with Gasteiger partial charge in [-0.2, -0.15) is 0 Å². The van der Waals surface area contributed by atoms with Crippen molar-refractivity contribution in [2.45, 2.75) is 32.2 Å². The van der Waals surface area contributed by atoms with E-state index in [-0.39, 0.29) is 12.9 Å². The van der Waals surface area contributed by atoms with Crippen LogP contribution < -0.4 is 4.74 Å². The van der Waals surface area contributed by atoms with E-state index < -0.39 is 0 Å². The number of hydrogen-bond donors (Lipinski definition) is 1. The maximum atomic E-state index is 9.05. The Morgan fingerprint density at radius 2 is 2.25 bits per heavy atom. The van der Waals surface area contributed by atoms with E-state index in [1.807, 2.05) is 0 Å². The van der Waals surface area contributed by atoms with Gasteiger partial charge in [-0.3, -0.25) is 0 Å². The quantitative estimate of drug-likeness (QED) is 0.886. The highest BCUT2D eigenvalue weighted by atomic mass is 35.5. The lowest BCUT2D eigenvalue weighted by Crippen LogP contribution is -2.25. The SMILES string of the molecule is OCc1cc(Cl)cc(OC2CCCCO2)c1. The second-order valence-corrected chi connectivity index (χ2v) is 4.30. The first-order valence-electron chi connectivity index (χ1n) is 5.46. The Bertz CT molecular complexity index is 348. The molecule has 1 aliphatic heterocycles. The van der Waals surface area contributed by atoms with Crippen molar-refractivity contribution in [1.29, 1.82) is 0 Å². The molecule has 1 aromatic rings. The van der Waals surface area contributed by atoms with Crippen LogP contribution in [0.4, 0.5) is 0 Å². The number of rotatable bonds is 3. The van der Waals surface area contributed by atoms with Gasteiger partial charge in [0.05, 0.1) is 13.2 Å². The van der Waals surface area contributed by atoms with Gasteiger partial charge in [0, 0.05) is 11.4 Å². The fourth-order valence-electron chi connectivity index (χ4n) is 1.74. The lowest BCUT2D eigenvalue weighted by atomic mass is 10.2. The zero-order valence-corrected chi connectivity index (χ0v) is 9.74. The Balaban J connectivity index is 2.04. The zero-order valence-electron chi connectivity index (χ0n) is 8.99. The Morgan fingerprint density at radius 3 is 2.94 bits per heavy atom. The minimum absolute atomic E-state index is 0.0392. The molecule has 16 heavy (non-hydrogen) atoms. The number of benzene rings is 1. The Hall–Kier alpha value is -0.770. The molecule has 0 amide bonds. The van der Waals surface area contributed by atoms with Crippen LogP contribution in [0.3, 0.4) is 0 Å². The van der Waals surface area contributed by atoms with Gasteiger partial charge in [0.15, 0.2) is 6.29 Å². The minimum Gasteiger partial charge on any atom is -0.465 e. The molecule has 0 bridgehead atoms. The first kappa shape index (κ1) is 11.7. The summed E-state index contributed by atoms with van der Waals surface area (Å²) in [5.74, 6) is 0.656. The van der Waals surface area contributed by atoms with E-state index in [1.54, 1.807) is 18.2 Å². The number of halogens is 1. The molecule has 1 fully saturated rings. The van der Waals surface area contributed by atoms with E-state index in [9.17, 15) is 0 Å². The topological polar surface area (TPSA) is 38.7 Å². The lowest BCUT2D eigenvalue weighted by Gasteiger charge is -2.23. The highest BCUT2D eigenvalue weighted by Crippen LogP contribution is 2.24. The molecule has 1 atom stereocenters. The Kier molecular flexibility index (Phi) is 4.04. The van der Waals surface area contributed by atoms with E-state index in [4.69, 9.17) is 26.2 Å². The van der Waals surface area contributed by atoms with E-state index in [0.29, 0.717) is 10.8 Å². The smallest absolute Gasteiger partial charge is 0.199 e. The van der Waals surface area contributed by atoms with Crippen molar-refractivity contribution in [3.63, 3.8) is 0 Å². The molecule has 1 unspecified atom stereocenters. The molecule has 4 heteroatoms. The molecule has 1 saturated heterocycles. The first-order chi connectivity index (χ1) is 7.78. The van der Waals surface area contributed by atoms with Crippen molar-refractivity contribution in [2.24, 2.45) is 0 Å². The first-order valence-corrected chi connectivity index (χ1v) is 5.84. The molecule has 1 N–H and O–H groups in total. The fourth-order valence-corrected chi connectivity index (χ4v) is 1.98. The summed E-state index contributed by atoms with van der Waals surface area (Å²) in [6.07, 6.45) is 2.94. The predicted octanol–water partition coefficient (Wildman–Crippen LogP) is 2.74. The summed E-state index contributed by atoms with van der Waals surface area (Å²) in [5.41, 5.74) is 0.748. The van der Waals surface area contributed by atoms with Gasteiger partial charge in [-0.25, -0.2) is 0 Å². The summed E-state index contributed by atoms with van der Waals surface area (Å²) in [4.78, 5) is 0. The second-order valence-electron chi connectivity index (χ2n) is 3.87. The molecule has 1 aliphatic rings. The van der Waals surface area contributed by atoms with E-state index in [2.05, 4.69) is 0 Å². The monoisotopic (exact) mass is 242 g/mol. The van der Waals surface area contributed by atoms with Crippen LogP contribution in [0.5, 0.6) is 5.75 Å². The molecule has 1 aromatic carbocycles. The van der Waals surface area contributed by atoms with Gasteiger partial charge in [0.25, 0.3) is 0 Å². The zero-order chi connectivity index (χ0) is 11.4. The minimum atomic E-state index is -0.182. The third kappa shape index (κ3) is 3.11. The van der Waals surface area contributed by atoms with E-state index in [1.165, 1.54) is 0 Å². The van der Waals surface area contributed by atoms with Gasteiger partial charge in [-0.1, -0.05) is 11.6 Å². The van der Waals surface area contributed by atoms with Crippen LogP contribution in [-0.4, -0.2) is 18.0 Å². The molecular formula is C12H15ClO3. The largest absolute Gasteiger partial charge is 0.465 e. The van der Waals surface area contributed by atoms with Crippen LogP contribution >= 0.6 is 11.6 Å². The molecule has 0 radical (unpaired) electrons. The average molecular weight is 243 g/mol. The summed E-state index contributed by atoms with van der Waals surface area (Å²) >= 11 is 5.91. The van der Waals surface area contributed by atoms with Crippen molar-refractivity contribution in [2.75, 3.05) is 6.61 Å². The molecule has 1 heterocycles. The second kappa shape index (κ2) is 5.53. The van der Waals surface area contributed by atoms with E-state index >= 15 is 0 Å². The van der Waals surface area contributed by atoms with Crippen LogP contribution in [0, 0.1) is 0 Å². The van der Waals surface area contributed by atoms with Gasteiger partial charge < -0.3 is 14.6 Å². The van der Waals surface area contributed by atoms with Crippen LogP contribution in [0.1, 0.15) is 24.8 Å². The van der Waals surface area contributed by atoms with Crippen LogP contribution in [0.25, 0.3) is 0 Å². The van der Waals surface area contributed by atoms with E-state index in [0.717, 1.165) is 31.4 Å². The van der Waals surface area contributed by atoms with Crippen LogP contribution in [0.15, 0.2) is 18.2 Å². The standard InChI is InChI=1S/C12H15ClO3/c13-10-5-9(8-14)6-11(7-10)16-12-3-1-2-4-15-12/h5-7,12,14H,1-4,8H2. The molecule has 3 nitrogen and oxygen atoms in total. The third-order valence-electron chi connectivity index (χ3n) is 2.52. The van der Waals surface area contributed by atoms with Gasteiger partial charge in [0.2, 0.25) is 0 Å². The maximum Gasteiger partial charge on any atom is 0.199 e. The number of hydrogen-bond acceptors (Lipinski definition) is 3. The normalized spacial score (nSPS) is 20.8. The number of ether oxygens (including phenoxy) is 2. The molecule has 0 aromatic heterocycles. The van der Waals surface area contributed by atoms with Gasteiger partial charge >= 0.3 is 0 Å². The van der Waals surface area contributed by atoms with Crippen molar-refractivity contribution < 1.29 is 14.6 Å². The van der Waals surface area contributed by atoms with Crippen molar-refractivity contribution >= 4 is 11.6 Å². The molecular weight excluding hydrogens is 228 g/mol. The third-order valence-corrected chi connectivity index (χ3v) is 2.74. The van der Waals surface area contributed by atoms with Crippen LogP contribution in [-0.2, 0) is 11.3 Å². The molecule has 0 saturated carbocycles. The number of aliphatic hydroxyl groups is 1. The molecule has 2 rings (SSSR count). The summed E-state index contributed by atoms with van der Waals surface area (Å²) in [6.45, 7) is 0.709. The lowest BCUT2D eigenvalue weighted by molar-refractivity contribution is -0.105. The van der Waals surface area contributed by atoms with Gasteiger partial charge in [-0.15, -0.1) is 0 Å². The Labute approximate surface area is 99.9 Å². The predicted molar refractivity (Wildman–Crippen MR) is 61.6 cm³/mol. The van der Waals surface area contributed by atoms with Crippen LogP contribution in [0.2, 0.25) is 5.02 Å². The summed E-state index contributed by atoms with van der Waals surface area (Å²) < 4.78 is 11.1. The van der Waals surface area contributed by atoms with Crippen molar-refractivity contribution in [3.05, 3.63) is 28.8 Å². The maximum absolute atomic E-state index is 9.05. The van der Waals surface area contributed by atoms with Crippen molar-refractivity contribution in [1.82, 2.24) is 0 Å². The summed E-state index contributed by atoms with van der Waals surface area (Å²) in [6, 6.07) is 5.23. The average Bonchev–Trinajstić information content (AvgIpc) is 2.29. The highest BCUT2D eigenvalue weighted by molar-refractivity contribution is 6.30. The summed E-state index contributed by atoms with van der Waals surface area (Å²) in [7, 11) is 0.